The highest BCUT2D eigenvalue weighted by Gasteiger charge is 2.15. The summed E-state index contributed by atoms with van der Waals surface area (Å²) >= 11 is 5.99. The zero-order chi connectivity index (χ0) is 18.2. The monoisotopic (exact) mass is 359 g/mol. The number of ether oxygens (including phenoxy) is 3. The molecule has 1 rings (SSSR count). The van der Waals surface area contributed by atoms with E-state index in [4.69, 9.17) is 25.8 Å². The van der Waals surface area contributed by atoms with E-state index in [0.717, 1.165) is 5.56 Å². The van der Waals surface area contributed by atoms with E-state index in [1.54, 1.807) is 26.8 Å². The number of carbonyl (C=O) groups is 1. The van der Waals surface area contributed by atoms with Crippen LogP contribution in [-0.2, 0) is 25.4 Å². The second-order valence-corrected chi connectivity index (χ2v) is 6.44. The molecule has 7 nitrogen and oxygen atoms in total. The van der Waals surface area contributed by atoms with Gasteiger partial charge < -0.3 is 14.2 Å². The van der Waals surface area contributed by atoms with Gasteiger partial charge in [-0.2, -0.15) is 0 Å². The molecule has 0 heterocycles. The Balaban J connectivity index is 2.17. The fourth-order valence-electron chi connectivity index (χ4n) is 1.78. The Morgan fingerprint density at radius 3 is 2.46 bits per heavy atom. The van der Waals surface area contributed by atoms with Crippen LogP contribution in [0.1, 0.15) is 26.3 Å². The number of hydrogen-bond donors (Lipinski definition) is 0. The second kappa shape index (κ2) is 9.56. The highest BCUT2D eigenvalue weighted by molar-refractivity contribution is 6.31. The van der Waals surface area contributed by atoms with Gasteiger partial charge in [0.25, 0.3) is 5.69 Å². The largest absolute Gasteiger partial charge is 0.458 e. The number of esters is 1. The van der Waals surface area contributed by atoms with Crippen LogP contribution in [0.4, 0.5) is 5.69 Å². The molecule has 0 saturated carbocycles. The van der Waals surface area contributed by atoms with E-state index in [1.807, 2.05) is 0 Å². The molecule has 0 atom stereocenters. The molecule has 0 aliphatic carbocycles. The molecule has 0 fully saturated rings. The molecule has 0 radical (unpaired) electrons. The predicted molar refractivity (Wildman–Crippen MR) is 89.3 cm³/mol. The molecule has 0 aliphatic heterocycles. The standard InChI is InChI=1S/C16H22ClNO6/c1-16(2,3)24-15(19)11-23-9-8-22-7-6-12-4-5-13(18(20)21)10-14(12)17/h4-5,10H,6-9,11H2,1-3H3. The van der Waals surface area contributed by atoms with Crippen LogP contribution in [0, 0.1) is 10.1 Å². The molecule has 8 heteroatoms. The van der Waals surface area contributed by atoms with Gasteiger partial charge in [0.05, 0.1) is 29.8 Å². The predicted octanol–water partition coefficient (Wildman–Crippen LogP) is 3.17. The smallest absolute Gasteiger partial charge is 0.332 e. The lowest BCUT2D eigenvalue weighted by Crippen LogP contribution is -2.27. The van der Waals surface area contributed by atoms with Crippen molar-refractivity contribution in [3.8, 4) is 0 Å². The van der Waals surface area contributed by atoms with Gasteiger partial charge in [0.1, 0.15) is 12.2 Å². The summed E-state index contributed by atoms with van der Waals surface area (Å²) in [6, 6.07) is 4.34. The molecule has 0 saturated heterocycles. The lowest BCUT2D eigenvalue weighted by Gasteiger charge is -2.19. The molecule has 0 aromatic heterocycles. The Labute approximate surface area is 146 Å². The molecule has 1 aromatic rings. The SMILES string of the molecule is CC(C)(C)OC(=O)COCCOCCc1ccc([N+](=O)[O-])cc1Cl. The van der Waals surface area contributed by atoms with Crippen molar-refractivity contribution in [1.29, 1.82) is 0 Å². The van der Waals surface area contributed by atoms with Crippen molar-refractivity contribution in [3.63, 3.8) is 0 Å². The first kappa shape index (κ1) is 20.3. The number of non-ortho nitro benzene ring substituents is 1. The Morgan fingerprint density at radius 2 is 1.88 bits per heavy atom. The summed E-state index contributed by atoms with van der Waals surface area (Å²) < 4.78 is 15.6. The highest BCUT2D eigenvalue weighted by Crippen LogP contribution is 2.22. The maximum absolute atomic E-state index is 11.4. The molecule has 0 N–H and O–H groups in total. The van der Waals surface area contributed by atoms with Crippen LogP contribution in [0.2, 0.25) is 5.02 Å². The van der Waals surface area contributed by atoms with Gasteiger partial charge in [-0.3, -0.25) is 10.1 Å². The third kappa shape index (κ3) is 8.24. The Bertz CT molecular complexity index is 570. The summed E-state index contributed by atoms with van der Waals surface area (Å²) in [7, 11) is 0. The minimum Gasteiger partial charge on any atom is -0.458 e. The summed E-state index contributed by atoms with van der Waals surface area (Å²) in [5.74, 6) is -0.417. The molecule has 0 spiro atoms. The summed E-state index contributed by atoms with van der Waals surface area (Å²) in [6.07, 6.45) is 0.531. The fraction of sp³-hybridized carbons (Fsp3) is 0.562. The van der Waals surface area contributed by atoms with Crippen molar-refractivity contribution in [3.05, 3.63) is 38.9 Å². The van der Waals surface area contributed by atoms with Crippen LogP contribution in [-0.4, -0.2) is 42.9 Å². The normalized spacial score (nSPS) is 11.3. The Hall–Kier alpha value is -1.70. The first-order chi connectivity index (χ1) is 11.2. The van der Waals surface area contributed by atoms with Gasteiger partial charge in [-0.05, 0) is 32.8 Å². The van der Waals surface area contributed by atoms with Crippen molar-refractivity contribution in [1.82, 2.24) is 0 Å². The van der Waals surface area contributed by atoms with Gasteiger partial charge in [-0.1, -0.05) is 17.7 Å². The van der Waals surface area contributed by atoms with E-state index in [0.29, 0.717) is 24.7 Å². The first-order valence-electron chi connectivity index (χ1n) is 7.49. The average molecular weight is 360 g/mol. The van der Waals surface area contributed by atoms with Crippen molar-refractivity contribution in [2.75, 3.05) is 26.4 Å². The average Bonchev–Trinajstić information content (AvgIpc) is 2.45. The zero-order valence-corrected chi connectivity index (χ0v) is 14.8. The summed E-state index contributed by atoms with van der Waals surface area (Å²) in [5, 5.41) is 11.0. The van der Waals surface area contributed by atoms with Crippen LogP contribution in [0.25, 0.3) is 0 Å². The topological polar surface area (TPSA) is 87.9 Å². The zero-order valence-electron chi connectivity index (χ0n) is 14.0. The number of rotatable bonds is 9. The number of halogens is 1. The van der Waals surface area contributed by atoms with Gasteiger partial charge >= 0.3 is 5.97 Å². The molecule has 0 aliphatic rings. The molecular formula is C16H22ClNO6. The molecule has 24 heavy (non-hydrogen) atoms. The fourth-order valence-corrected chi connectivity index (χ4v) is 2.05. The minimum atomic E-state index is -0.527. The maximum atomic E-state index is 11.4. The highest BCUT2D eigenvalue weighted by atomic mass is 35.5. The third-order valence-electron chi connectivity index (χ3n) is 2.78. The van der Waals surface area contributed by atoms with Crippen LogP contribution in [0.5, 0.6) is 0 Å². The molecule has 0 unspecified atom stereocenters. The Kier molecular flexibility index (Phi) is 8.10. The van der Waals surface area contributed by atoms with E-state index in [-0.39, 0.29) is 18.9 Å². The van der Waals surface area contributed by atoms with Gasteiger partial charge in [0.2, 0.25) is 0 Å². The molecule has 0 amide bonds. The summed E-state index contributed by atoms with van der Waals surface area (Å²) in [4.78, 5) is 21.5. The maximum Gasteiger partial charge on any atom is 0.332 e. The van der Waals surface area contributed by atoms with E-state index in [1.165, 1.54) is 12.1 Å². The van der Waals surface area contributed by atoms with Crippen LogP contribution < -0.4 is 0 Å². The van der Waals surface area contributed by atoms with Crippen LogP contribution in [0.15, 0.2) is 18.2 Å². The number of benzene rings is 1. The van der Waals surface area contributed by atoms with Gasteiger partial charge in [-0.25, -0.2) is 4.79 Å². The van der Waals surface area contributed by atoms with Gasteiger partial charge in [-0.15, -0.1) is 0 Å². The second-order valence-electron chi connectivity index (χ2n) is 6.03. The number of nitro groups is 1. The number of nitro benzene ring substituents is 1. The van der Waals surface area contributed by atoms with Crippen LogP contribution >= 0.6 is 11.6 Å². The number of hydrogen-bond acceptors (Lipinski definition) is 6. The molecule has 0 bridgehead atoms. The van der Waals surface area contributed by atoms with Crippen molar-refractivity contribution in [2.24, 2.45) is 0 Å². The molecular weight excluding hydrogens is 338 g/mol. The van der Waals surface area contributed by atoms with Gasteiger partial charge in [0.15, 0.2) is 0 Å². The van der Waals surface area contributed by atoms with Gasteiger partial charge in [0, 0.05) is 12.1 Å². The van der Waals surface area contributed by atoms with Crippen molar-refractivity contribution >= 4 is 23.3 Å². The third-order valence-corrected chi connectivity index (χ3v) is 3.13. The molecule has 1 aromatic carbocycles. The van der Waals surface area contributed by atoms with E-state index in [2.05, 4.69) is 0 Å². The first-order valence-corrected chi connectivity index (χ1v) is 7.87. The van der Waals surface area contributed by atoms with E-state index in [9.17, 15) is 14.9 Å². The quantitative estimate of drug-likeness (QED) is 0.291. The minimum absolute atomic E-state index is 0.0415. The van der Waals surface area contributed by atoms with E-state index < -0.39 is 16.5 Å². The lowest BCUT2D eigenvalue weighted by atomic mass is 10.1. The molecule has 134 valence electrons. The van der Waals surface area contributed by atoms with Crippen molar-refractivity contribution in [2.45, 2.75) is 32.8 Å². The van der Waals surface area contributed by atoms with E-state index >= 15 is 0 Å². The summed E-state index contributed by atoms with van der Waals surface area (Å²) in [5.41, 5.74) is 0.207. The van der Waals surface area contributed by atoms with Crippen molar-refractivity contribution < 1.29 is 23.9 Å². The number of nitrogens with zero attached hydrogens (tertiary/aromatic N) is 1. The Morgan fingerprint density at radius 1 is 1.21 bits per heavy atom. The summed E-state index contributed by atoms with van der Waals surface area (Å²) in [6.45, 7) is 6.24. The lowest BCUT2D eigenvalue weighted by molar-refractivity contribution is -0.384. The van der Waals surface area contributed by atoms with Crippen LogP contribution in [0.3, 0.4) is 0 Å². The number of carbonyl (C=O) groups excluding carboxylic acids is 1.